The minimum Gasteiger partial charge on any atom is -0.309 e. The van der Waals surface area contributed by atoms with Crippen LogP contribution in [0.1, 0.15) is 202 Å². The van der Waals surface area contributed by atoms with Crippen molar-refractivity contribution in [3.05, 3.63) is 307 Å². The second-order valence-electron chi connectivity index (χ2n) is 30.7. The number of halogens is 12. The maximum atomic E-state index is 14.0. The summed E-state index contributed by atoms with van der Waals surface area (Å²) in [6.45, 7) is 0. The van der Waals surface area contributed by atoms with Crippen LogP contribution < -0.4 is 21.3 Å². The van der Waals surface area contributed by atoms with E-state index in [9.17, 15) is 67.5 Å². The van der Waals surface area contributed by atoms with Crippen LogP contribution in [0.4, 0.5) is 71.6 Å². The number of benzene rings is 8. The average molecular weight is 1800 g/mol. The van der Waals surface area contributed by atoms with Crippen molar-refractivity contribution in [3.8, 4) is 45.0 Å². The van der Waals surface area contributed by atoms with Gasteiger partial charge in [-0.1, -0.05) is 113 Å². The summed E-state index contributed by atoms with van der Waals surface area (Å²) in [6, 6.07) is 44.6. The van der Waals surface area contributed by atoms with Crippen LogP contribution in [0.25, 0.3) is 45.0 Å². The molecular weight excluding hydrogens is 1710 g/mol. The number of carbonyl (C=O) groups excluding carboxylic acids is 4. The lowest BCUT2D eigenvalue weighted by molar-refractivity contribution is -0.116. The first-order valence-electron chi connectivity index (χ1n) is 41.0. The second-order valence-corrected chi connectivity index (χ2v) is 32.0. The van der Waals surface area contributed by atoms with E-state index in [4.69, 9.17) is 15.0 Å². The van der Waals surface area contributed by atoms with Crippen LogP contribution in [-0.2, 0) is 33.6 Å². The van der Waals surface area contributed by atoms with Crippen LogP contribution in [0.5, 0.6) is 0 Å². The van der Waals surface area contributed by atoms with E-state index in [1.807, 2.05) is 42.5 Å². The summed E-state index contributed by atoms with van der Waals surface area (Å²) in [5.74, 6) is -13.4. The van der Waals surface area contributed by atoms with E-state index in [0.29, 0.717) is 74.7 Å². The Morgan fingerprint density at radius 2 is 0.602 bits per heavy atom. The molecule has 4 fully saturated rings. The van der Waals surface area contributed by atoms with Crippen LogP contribution in [0.3, 0.4) is 0 Å². The summed E-state index contributed by atoms with van der Waals surface area (Å²) in [6.07, 6.45) is 26.2. The predicted octanol–water partition coefficient (Wildman–Crippen LogP) is 23.7. The van der Waals surface area contributed by atoms with Crippen molar-refractivity contribution >= 4 is 69.5 Å². The molecule has 123 heavy (non-hydrogen) atoms. The van der Waals surface area contributed by atoms with Gasteiger partial charge >= 0.3 is 0 Å². The van der Waals surface area contributed by atoms with E-state index in [-0.39, 0.29) is 71.1 Å². The lowest BCUT2D eigenvalue weighted by Gasteiger charge is -2.23. The zero-order valence-corrected chi connectivity index (χ0v) is 69.0. The monoisotopic (exact) mass is 1790 g/mol. The summed E-state index contributed by atoms with van der Waals surface area (Å²) in [5, 5.41) is 11.1. The Balaban J connectivity index is 0.000000141. The topological polar surface area (TPSA) is 220 Å². The molecule has 0 aliphatic heterocycles. The van der Waals surface area contributed by atoms with Gasteiger partial charge in [-0.2, -0.15) is 0 Å². The second kappa shape index (κ2) is 42.6. The highest BCUT2D eigenvalue weighted by molar-refractivity contribution is 14.1. The standard InChI is InChI=1S/C24H19F6N3O.C24H22F3N3O.C24H23FIN3O.C23H22FN3O/c25-14-8-6-12(7-9-14)16-11-31-24(23(32-16)13-4-2-1-3-5-13)33-17(34)10-15-18(26)20(28)22(30)21(29)19(15)27;25-18-9-7-16(8-10-18)21-14-28-24(23(29-21)17-4-2-1-3-5-17)30-22(31)13-15-6-11-19(26)20(27)12-15;25-19-10-8-17(9-11-19)21-15-27-24(23(28-21)18-4-2-1-3-5-18)29-22(30)14-16-6-12-20(26)13-7-16;24-19-13-11-16(12-14-19)20-15-25-22(21(26-20)17-7-3-1-4-8-17)27-23(28)18-9-5-2-6-10-18/h6-9,11,13H,1-5,10H2,(H,31,33,34);6-12,14,17H,1-5,13H2,(H,28,30,31);6-13,15,18H,1-5,14H2,(H,27,29,30);2,5-6,9-15,17H,1,3-4,7-8H2,(H,25,27,28). The summed E-state index contributed by atoms with van der Waals surface area (Å²) in [7, 11) is 0. The third-order valence-corrected chi connectivity index (χ3v) is 22.8. The SMILES string of the molecule is O=C(Cc1c(F)c(F)c(F)c(F)c1F)Nc1ncc(-c2ccc(F)cc2)nc1C1CCCCC1.O=C(Cc1ccc(F)c(F)c1)Nc1ncc(-c2ccc(F)cc2)nc1C1CCCCC1.O=C(Cc1ccc(I)cc1)Nc1ncc(-c2ccc(F)cc2)nc1C1CCCCC1.O=C(Nc1ncc(-c2ccc(F)cc2)nc1C1CCCCC1)c1ccccc1. The number of hydrogen-bond donors (Lipinski definition) is 4. The molecule has 0 radical (unpaired) electrons. The van der Waals surface area contributed by atoms with Gasteiger partial charge in [0.25, 0.3) is 5.91 Å². The van der Waals surface area contributed by atoms with Gasteiger partial charge < -0.3 is 21.3 Å². The first-order valence-corrected chi connectivity index (χ1v) is 42.1. The molecule has 4 amide bonds. The molecular formula is C95H86F11IN12O4. The quantitative estimate of drug-likeness (QED) is 0.0257. The third-order valence-electron chi connectivity index (χ3n) is 22.0. The molecule has 4 aromatic heterocycles. The van der Waals surface area contributed by atoms with Gasteiger partial charge in [-0.15, -0.1) is 0 Å². The molecule has 12 aromatic rings. The fourth-order valence-corrected chi connectivity index (χ4v) is 15.9. The molecule has 0 unspecified atom stereocenters. The Hall–Kier alpha value is -12.1. The zero-order valence-electron chi connectivity index (χ0n) is 66.8. The summed E-state index contributed by atoms with van der Waals surface area (Å²) in [4.78, 5) is 87.3. The number of carbonyl (C=O) groups is 4. The maximum Gasteiger partial charge on any atom is 0.256 e. The van der Waals surface area contributed by atoms with Crippen molar-refractivity contribution in [1.29, 1.82) is 0 Å². The van der Waals surface area contributed by atoms with Crippen LogP contribution in [0, 0.1) is 67.6 Å². The van der Waals surface area contributed by atoms with Gasteiger partial charge in [0, 0.05) is 60.6 Å². The fraction of sp³-hybridized carbons (Fsp3) is 0.284. The first-order chi connectivity index (χ1) is 59.5. The molecule has 634 valence electrons. The number of nitrogens with one attached hydrogen (secondary N) is 4. The van der Waals surface area contributed by atoms with E-state index in [0.717, 1.165) is 158 Å². The fourth-order valence-electron chi connectivity index (χ4n) is 15.6. The Labute approximate surface area is 717 Å². The smallest absolute Gasteiger partial charge is 0.256 e. The molecule has 16 nitrogen and oxygen atoms in total. The Kier molecular flexibility index (Phi) is 30.7. The summed E-state index contributed by atoms with van der Waals surface area (Å²) < 4.78 is 149. The number of nitrogens with zero attached hydrogens (tertiary/aromatic N) is 8. The van der Waals surface area contributed by atoms with Crippen molar-refractivity contribution in [2.24, 2.45) is 0 Å². The Morgan fingerprint density at radius 3 is 0.927 bits per heavy atom. The molecule has 8 aromatic carbocycles. The molecule has 0 atom stereocenters. The lowest BCUT2D eigenvalue weighted by atomic mass is 9.86. The van der Waals surface area contributed by atoms with Gasteiger partial charge in [0.15, 0.2) is 58.2 Å². The summed E-state index contributed by atoms with van der Waals surface area (Å²) in [5.41, 5.74) is 8.92. The number of amides is 4. The molecule has 4 saturated carbocycles. The molecule has 0 saturated heterocycles. The van der Waals surface area contributed by atoms with E-state index in [2.05, 4.69) is 68.8 Å². The molecule has 16 rings (SSSR count). The van der Waals surface area contributed by atoms with E-state index < -0.39 is 64.4 Å². The Morgan fingerprint density at radius 1 is 0.309 bits per heavy atom. The molecule has 4 aliphatic carbocycles. The van der Waals surface area contributed by atoms with Crippen LogP contribution >= 0.6 is 22.6 Å². The highest BCUT2D eigenvalue weighted by Gasteiger charge is 2.31. The molecule has 4 heterocycles. The molecule has 0 spiro atoms. The highest BCUT2D eigenvalue weighted by Crippen LogP contribution is 2.41. The minimum absolute atomic E-state index is 0.0478. The number of rotatable bonds is 19. The van der Waals surface area contributed by atoms with Gasteiger partial charge in [-0.05, 0) is 219 Å². The number of anilines is 4. The number of hydrogen-bond acceptors (Lipinski definition) is 12. The predicted molar refractivity (Wildman–Crippen MR) is 456 cm³/mol. The van der Waals surface area contributed by atoms with Gasteiger partial charge in [0.05, 0.1) is 89.6 Å². The van der Waals surface area contributed by atoms with Crippen LogP contribution in [0.15, 0.2) is 195 Å². The van der Waals surface area contributed by atoms with Crippen molar-refractivity contribution in [2.75, 3.05) is 21.3 Å². The van der Waals surface area contributed by atoms with Crippen molar-refractivity contribution in [3.63, 3.8) is 0 Å². The van der Waals surface area contributed by atoms with Gasteiger partial charge in [-0.25, -0.2) is 88.2 Å². The average Bonchev–Trinajstić information content (AvgIpc) is 0.825. The molecule has 0 bridgehead atoms. The minimum atomic E-state index is -2.29. The van der Waals surface area contributed by atoms with Gasteiger partial charge in [-0.3, -0.25) is 19.2 Å². The maximum absolute atomic E-state index is 14.0. The number of aromatic nitrogens is 8. The van der Waals surface area contributed by atoms with E-state index in [1.54, 1.807) is 67.1 Å². The molecule has 4 N–H and O–H groups in total. The largest absolute Gasteiger partial charge is 0.309 e. The van der Waals surface area contributed by atoms with Gasteiger partial charge in [0.1, 0.15) is 23.3 Å². The van der Waals surface area contributed by atoms with Gasteiger partial charge in [0.2, 0.25) is 23.5 Å². The highest BCUT2D eigenvalue weighted by atomic mass is 127. The normalized spacial score (nSPS) is 14.4. The van der Waals surface area contributed by atoms with Crippen molar-refractivity contribution in [2.45, 2.75) is 171 Å². The van der Waals surface area contributed by atoms with Crippen LogP contribution in [0.2, 0.25) is 0 Å². The lowest BCUT2D eigenvalue weighted by Crippen LogP contribution is -2.21. The van der Waals surface area contributed by atoms with Crippen LogP contribution in [-0.4, -0.2) is 63.5 Å². The zero-order chi connectivity index (χ0) is 86.5. The third kappa shape index (κ3) is 24.0. The van der Waals surface area contributed by atoms with E-state index in [1.165, 1.54) is 92.2 Å². The molecule has 4 aliphatic rings. The van der Waals surface area contributed by atoms with Crippen molar-refractivity contribution in [1.82, 2.24) is 39.9 Å². The van der Waals surface area contributed by atoms with E-state index >= 15 is 0 Å². The Bertz CT molecular complexity index is 5640. The molecule has 28 heteroatoms. The first kappa shape index (κ1) is 88.7. The summed E-state index contributed by atoms with van der Waals surface area (Å²) >= 11 is 2.25. The van der Waals surface area contributed by atoms with Crippen molar-refractivity contribution < 1.29 is 67.5 Å².